The van der Waals surface area contributed by atoms with Crippen LogP contribution in [0.15, 0.2) is 42.6 Å². The molecule has 3 aliphatic heterocycles. The number of alkyl carbamates (subject to hydrolysis) is 1. The van der Waals surface area contributed by atoms with Gasteiger partial charge in [-0.15, -0.1) is 0 Å². The molecule has 5 unspecified atom stereocenters. The maximum absolute atomic E-state index is 13.8. The van der Waals surface area contributed by atoms with Crippen LogP contribution in [-0.2, 0) is 38.1 Å². The van der Waals surface area contributed by atoms with Gasteiger partial charge in [0.15, 0.2) is 11.9 Å². The largest absolute Gasteiger partial charge is 0.509 e. The van der Waals surface area contributed by atoms with E-state index in [-0.39, 0.29) is 31.3 Å². The summed E-state index contributed by atoms with van der Waals surface area (Å²) in [5.74, 6) is -4.57. The minimum Gasteiger partial charge on any atom is -0.458 e. The molecule has 2 N–H and O–H groups in total. The number of fused-ring (bicyclic) bond motifs is 2. The van der Waals surface area contributed by atoms with Crippen molar-refractivity contribution in [1.29, 1.82) is 0 Å². The molecule has 0 spiro atoms. The first-order valence-electron chi connectivity index (χ1n) is 19.9. The number of carbonyl (C=O) groups is 5. The topological polar surface area (TPSA) is 180 Å². The number of Topliss-reactive ketones (excluding diaryl/α,β-unsaturated/α-hetero) is 2. The number of hydrogen-bond donors (Lipinski definition) is 2. The molecule has 314 valence electrons. The van der Waals surface area contributed by atoms with E-state index in [1.165, 1.54) is 6.92 Å². The van der Waals surface area contributed by atoms with Crippen LogP contribution in [0.3, 0.4) is 0 Å². The predicted molar refractivity (Wildman–Crippen MR) is 213 cm³/mol. The second kappa shape index (κ2) is 19.4. The molecule has 1 amide bonds. The Morgan fingerprint density at radius 1 is 1.02 bits per heavy atom. The Morgan fingerprint density at radius 2 is 1.70 bits per heavy atom. The first-order valence-corrected chi connectivity index (χ1v) is 19.9. The lowest BCUT2D eigenvalue weighted by Crippen LogP contribution is -2.57. The van der Waals surface area contributed by atoms with Crippen LogP contribution in [0.25, 0.3) is 17.0 Å². The molecule has 57 heavy (non-hydrogen) atoms. The van der Waals surface area contributed by atoms with Gasteiger partial charge >= 0.3 is 18.2 Å². The quantitative estimate of drug-likeness (QED) is 0.190. The van der Waals surface area contributed by atoms with Crippen molar-refractivity contribution in [3.63, 3.8) is 0 Å². The van der Waals surface area contributed by atoms with Crippen LogP contribution < -0.4 is 5.32 Å². The van der Waals surface area contributed by atoms with Crippen molar-refractivity contribution in [2.75, 3.05) is 20.7 Å². The highest BCUT2D eigenvalue weighted by atomic mass is 16.7. The first-order chi connectivity index (χ1) is 26.8. The molecule has 14 heteroatoms. The van der Waals surface area contributed by atoms with Crippen LogP contribution in [0.2, 0.25) is 0 Å². The van der Waals surface area contributed by atoms with Crippen LogP contribution >= 0.6 is 0 Å². The lowest BCUT2D eigenvalue weighted by atomic mass is 9.74. The van der Waals surface area contributed by atoms with Gasteiger partial charge in [0.1, 0.15) is 35.8 Å². The number of rotatable bonds is 6. The summed E-state index contributed by atoms with van der Waals surface area (Å²) in [4.78, 5) is 72.2. The Morgan fingerprint density at radius 3 is 2.35 bits per heavy atom. The third-order valence-electron chi connectivity index (χ3n) is 11.4. The number of pyridine rings is 1. The molecule has 4 heterocycles. The number of ether oxygens (including phenoxy) is 5. The number of hydrogen-bond acceptors (Lipinski definition) is 13. The number of cyclic esters (lactones) is 1. The fourth-order valence-corrected chi connectivity index (χ4v) is 8.36. The fourth-order valence-electron chi connectivity index (χ4n) is 8.36. The second-order valence-corrected chi connectivity index (χ2v) is 16.5. The normalized spacial score (nSPS) is 34.0. The molecule has 5 rings (SSSR count). The van der Waals surface area contributed by atoms with E-state index in [1.54, 1.807) is 53.8 Å². The number of esters is 1. The number of nitrogens with zero attached hydrogens (tertiary/aromatic N) is 2. The number of aliphatic hydroxyl groups is 1. The second-order valence-electron chi connectivity index (χ2n) is 16.5. The Balaban J connectivity index is 0.000000563. The Bertz CT molecular complexity index is 1770. The van der Waals surface area contributed by atoms with E-state index in [2.05, 4.69) is 15.2 Å². The van der Waals surface area contributed by atoms with Crippen molar-refractivity contribution in [1.82, 2.24) is 15.2 Å². The molecule has 0 aliphatic carbocycles. The Labute approximate surface area is 336 Å². The zero-order valence-corrected chi connectivity index (χ0v) is 35.0. The number of amides is 1. The standard InChI is InChI=1S/C35H44N2O9.C8H17NO2/c1-8-27-35(7)30(37-32(41)45-35)22(4)28(38)20(2)18-34(6,19-21(3)29(39)23(5)31(40)44-27)46-33(42)43-16-10-11-24-13-14-26-25(17-24)12-9-15-36-26;1-6-4-7(9(2)3)5-8(10)11-6/h9-15,17,20-23,27,30H,8,16,18-19H2,1-7H3,(H,37,41);6-8,10H,4-5H2,1-3H3/b11-10+;/t20-,21-,22?,23-,27-,30?,34-,35-;/m1./s1. The number of nitrogens with one attached hydrogen (secondary N) is 1. The SMILES string of the molecule is CC1CC(N(C)C)CC(O)O1.CC[C@H]1OC(=O)[C@H](C)C(=O)[C@H](C)C[C@](C)(OC(=O)OC/C=C/c2ccc3ncccc3c2)C[C@@H](C)C(=O)C(C)C2NC(=O)O[C@@]21C. The molecule has 1 aromatic carbocycles. The predicted octanol–water partition coefficient (Wildman–Crippen LogP) is 6.26. The monoisotopic (exact) mass is 795 g/mol. The van der Waals surface area contributed by atoms with Crippen LogP contribution in [-0.4, -0.2) is 107 Å². The molecule has 11 atom stereocenters. The number of carbonyl (C=O) groups excluding carboxylic acids is 5. The summed E-state index contributed by atoms with van der Waals surface area (Å²) < 4.78 is 27.8. The van der Waals surface area contributed by atoms with Gasteiger partial charge in [0.05, 0.1) is 17.7 Å². The molecule has 3 aliphatic rings. The highest BCUT2D eigenvalue weighted by Gasteiger charge is 2.56. The van der Waals surface area contributed by atoms with E-state index in [0.717, 1.165) is 29.3 Å². The molecule has 3 saturated heterocycles. The van der Waals surface area contributed by atoms with Gasteiger partial charge in [0.25, 0.3) is 0 Å². The highest BCUT2D eigenvalue weighted by molar-refractivity contribution is 5.99. The van der Waals surface area contributed by atoms with Crippen LogP contribution in [0.5, 0.6) is 0 Å². The van der Waals surface area contributed by atoms with Crippen molar-refractivity contribution in [2.24, 2.45) is 23.7 Å². The van der Waals surface area contributed by atoms with Gasteiger partial charge < -0.3 is 39.0 Å². The molecular weight excluding hydrogens is 734 g/mol. The molecule has 0 saturated carbocycles. The van der Waals surface area contributed by atoms with E-state index >= 15 is 0 Å². The molecule has 0 radical (unpaired) electrons. The van der Waals surface area contributed by atoms with Gasteiger partial charge in [0.2, 0.25) is 0 Å². The molecule has 1 aromatic heterocycles. The van der Waals surface area contributed by atoms with Crippen molar-refractivity contribution < 1.29 is 52.8 Å². The minimum atomic E-state index is -1.35. The van der Waals surface area contributed by atoms with Gasteiger partial charge in [0, 0.05) is 41.8 Å². The average molecular weight is 796 g/mol. The summed E-state index contributed by atoms with van der Waals surface area (Å²) >= 11 is 0. The van der Waals surface area contributed by atoms with Crippen LogP contribution in [0.1, 0.15) is 93.1 Å². The summed E-state index contributed by atoms with van der Waals surface area (Å²) in [5, 5.41) is 13.0. The third-order valence-corrected chi connectivity index (χ3v) is 11.4. The summed E-state index contributed by atoms with van der Waals surface area (Å²) in [6.07, 6.45) is 4.45. The number of aromatic nitrogens is 1. The van der Waals surface area contributed by atoms with E-state index in [9.17, 15) is 29.1 Å². The number of ketones is 2. The van der Waals surface area contributed by atoms with Gasteiger partial charge in [-0.05, 0) is 97.3 Å². The molecule has 14 nitrogen and oxygen atoms in total. The Kier molecular flexibility index (Phi) is 15.4. The number of benzene rings is 1. The van der Waals surface area contributed by atoms with Crippen molar-refractivity contribution in [3.05, 3.63) is 48.2 Å². The fraction of sp³-hybridized carbons (Fsp3) is 0.628. The van der Waals surface area contributed by atoms with Gasteiger partial charge in [-0.2, -0.15) is 0 Å². The molecule has 0 bridgehead atoms. The van der Waals surface area contributed by atoms with Crippen LogP contribution in [0, 0.1) is 23.7 Å². The lowest BCUT2D eigenvalue weighted by Gasteiger charge is -2.39. The number of aliphatic hydroxyl groups excluding tert-OH is 1. The van der Waals surface area contributed by atoms with Crippen molar-refractivity contribution >= 4 is 46.8 Å². The zero-order chi connectivity index (χ0) is 42.2. The van der Waals surface area contributed by atoms with E-state index in [4.69, 9.17) is 23.7 Å². The summed E-state index contributed by atoms with van der Waals surface area (Å²) in [5.41, 5.74) is -0.871. The van der Waals surface area contributed by atoms with Crippen molar-refractivity contribution in [3.8, 4) is 0 Å². The lowest BCUT2D eigenvalue weighted by molar-refractivity contribution is -0.172. The van der Waals surface area contributed by atoms with Crippen molar-refractivity contribution in [2.45, 2.75) is 129 Å². The Hall–Kier alpha value is -4.40. The maximum atomic E-state index is 13.8. The molecule has 3 fully saturated rings. The maximum Gasteiger partial charge on any atom is 0.509 e. The molecular formula is C43H61N3O11. The van der Waals surface area contributed by atoms with E-state index < -0.39 is 77.3 Å². The van der Waals surface area contributed by atoms with Gasteiger partial charge in [-0.25, -0.2) is 9.59 Å². The third kappa shape index (κ3) is 11.6. The zero-order valence-electron chi connectivity index (χ0n) is 35.0. The highest BCUT2D eigenvalue weighted by Crippen LogP contribution is 2.38. The average Bonchev–Trinajstić information content (AvgIpc) is 3.47. The summed E-state index contributed by atoms with van der Waals surface area (Å²) in [6.45, 7) is 13.5. The van der Waals surface area contributed by atoms with Crippen LogP contribution in [0.4, 0.5) is 9.59 Å². The van der Waals surface area contributed by atoms with Gasteiger partial charge in [-0.1, -0.05) is 45.9 Å². The summed E-state index contributed by atoms with van der Waals surface area (Å²) in [6, 6.07) is 9.26. The van der Waals surface area contributed by atoms with E-state index in [0.29, 0.717) is 12.5 Å². The first kappa shape index (κ1) is 45.3. The minimum absolute atomic E-state index is 0.0454. The molecule has 2 aromatic rings. The van der Waals surface area contributed by atoms with E-state index in [1.807, 2.05) is 57.4 Å². The van der Waals surface area contributed by atoms with Gasteiger partial charge in [-0.3, -0.25) is 19.4 Å². The smallest absolute Gasteiger partial charge is 0.458 e. The summed E-state index contributed by atoms with van der Waals surface area (Å²) in [7, 11) is 4.07.